The number of carboxylic acids is 1. The molecule has 0 spiro atoms. The monoisotopic (exact) mass is 337 g/mol. The first-order chi connectivity index (χ1) is 9.47. The van der Waals surface area contributed by atoms with Gasteiger partial charge in [-0.25, -0.2) is 9.18 Å². The Morgan fingerprint density at radius 3 is 2.80 bits per heavy atom. The van der Waals surface area contributed by atoms with Gasteiger partial charge in [-0.15, -0.1) is 0 Å². The Bertz CT molecular complexity index is 658. The van der Waals surface area contributed by atoms with Gasteiger partial charge in [0.15, 0.2) is 0 Å². The Morgan fingerprint density at radius 1 is 1.35 bits per heavy atom. The van der Waals surface area contributed by atoms with Crippen molar-refractivity contribution in [2.75, 3.05) is 5.32 Å². The van der Waals surface area contributed by atoms with E-state index in [1.54, 1.807) is 18.2 Å². The molecule has 0 atom stereocenters. The van der Waals surface area contributed by atoms with E-state index in [0.717, 1.165) is 11.1 Å². The number of aromatic carboxylic acids is 1. The molecule has 0 radical (unpaired) electrons. The fraction of sp³-hybridized carbons (Fsp3) is 0.133. The van der Waals surface area contributed by atoms with E-state index in [-0.39, 0.29) is 11.4 Å². The van der Waals surface area contributed by atoms with Gasteiger partial charge in [-0.1, -0.05) is 12.1 Å². The maximum absolute atomic E-state index is 13.5. The summed E-state index contributed by atoms with van der Waals surface area (Å²) < 4.78 is 13.9. The molecule has 0 aliphatic heterocycles. The van der Waals surface area contributed by atoms with Gasteiger partial charge in [-0.2, -0.15) is 0 Å². The Hall–Kier alpha value is -1.88. The van der Waals surface area contributed by atoms with Crippen LogP contribution in [0, 0.1) is 12.7 Å². The van der Waals surface area contributed by atoms with E-state index in [9.17, 15) is 9.18 Å². The second-order valence-corrected chi connectivity index (χ2v) is 5.29. The smallest absolute Gasteiger partial charge is 0.335 e. The van der Waals surface area contributed by atoms with Crippen LogP contribution >= 0.6 is 15.9 Å². The Kier molecular flexibility index (Phi) is 4.39. The largest absolute Gasteiger partial charge is 0.478 e. The summed E-state index contributed by atoms with van der Waals surface area (Å²) in [4.78, 5) is 10.9. The van der Waals surface area contributed by atoms with Crippen LogP contribution in [0.2, 0.25) is 0 Å². The summed E-state index contributed by atoms with van der Waals surface area (Å²) in [6, 6.07) is 9.77. The first-order valence-electron chi connectivity index (χ1n) is 5.99. The average molecular weight is 338 g/mol. The van der Waals surface area contributed by atoms with Crippen molar-refractivity contribution in [3.05, 3.63) is 63.4 Å². The van der Waals surface area contributed by atoms with E-state index >= 15 is 0 Å². The summed E-state index contributed by atoms with van der Waals surface area (Å²) in [5, 5.41) is 12.0. The minimum atomic E-state index is -0.960. The molecule has 104 valence electrons. The fourth-order valence-electron chi connectivity index (χ4n) is 1.85. The molecular formula is C15H13BrFNO2. The number of hydrogen-bond donors (Lipinski definition) is 2. The summed E-state index contributed by atoms with van der Waals surface area (Å²) in [5.41, 5.74) is 2.66. The molecule has 0 saturated heterocycles. The molecular weight excluding hydrogens is 325 g/mol. The summed E-state index contributed by atoms with van der Waals surface area (Å²) >= 11 is 3.13. The highest BCUT2D eigenvalue weighted by molar-refractivity contribution is 9.10. The minimum absolute atomic E-state index is 0.239. The highest BCUT2D eigenvalue weighted by Gasteiger charge is 2.06. The molecule has 0 heterocycles. The van der Waals surface area contributed by atoms with Gasteiger partial charge in [0.1, 0.15) is 5.82 Å². The molecule has 0 unspecified atom stereocenters. The molecule has 0 amide bonds. The number of carbonyl (C=O) groups is 1. The lowest BCUT2D eigenvalue weighted by molar-refractivity contribution is 0.0697. The lowest BCUT2D eigenvalue weighted by Crippen LogP contribution is -2.04. The van der Waals surface area contributed by atoms with Crippen LogP contribution in [-0.4, -0.2) is 11.1 Å². The van der Waals surface area contributed by atoms with Crippen molar-refractivity contribution in [2.24, 2.45) is 0 Å². The van der Waals surface area contributed by atoms with Crippen molar-refractivity contribution in [1.29, 1.82) is 0 Å². The van der Waals surface area contributed by atoms with Crippen LogP contribution in [0.5, 0.6) is 0 Å². The predicted octanol–water partition coefficient (Wildman–Crippen LogP) is 4.21. The molecule has 2 aromatic carbocycles. The van der Waals surface area contributed by atoms with Gasteiger partial charge in [0, 0.05) is 12.2 Å². The van der Waals surface area contributed by atoms with Crippen LogP contribution in [-0.2, 0) is 6.54 Å². The quantitative estimate of drug-likeness (QED) is 0.878. The van der Waals surface area contributed by atoms with Gasteiger partial charge in [-0.3, -0.25) is 0 Å². The van der Waals surface area contributed by atoms with Crippen molar-refractivity contribution in [3.63, 3.8) is 0 Å². The second kappa shape index (κ2) is 6.05. The van der Waals surface area contributed by atoms with E-state index in [2.05, 4.69) is 21.2 Å². The third-order valence-electron chi connectivity index (χ3n) is 2.92. The van der Waals surface area contributed by atoms with E-state index in [0.29, 0.717) is 16.7 Å². The molecule has 2 aromatic rings. The van der Waals surface area contributed by atoms with Crippen molar-refractivity contribution in [1.82, 2.24) is 0 Å². The van der Waals surface area contributed by atoms with Crippen LogP contribution in [0.3, 0.4) is 0 Å². The summed E-state index contributed by atoms with van der Waals surface area (Å²) in [5.74, 6) is -1.30. The van der Waals surface area contributed by atoms with E-state index < -0.39 is 5.97 Å². The van der Waals surface area contributed by atoms with Gasteiger partial charge in [0.2, 0.25) is 0 Å². The predicted molar refractivity (Wildman–Crippen MR) is 79.6 cm³/mol. The second-order valence-electron chi connectivity index (χ2n) is 4.44. The highest BCUT2D eigenvalue weighted by Crippen LogP contribution is 2.24. The van der Waals surface area contributed by atoms with Crippen molar-refractivity contribution in [3.8, 4) is 0 Å². The number of carboxylic acid groups (broad SMARTS) is 1. The number of anilines is 1. The maximum atomic E-state index is 13.5. The molecule has 5 heteroatoms. The molecule has 2 rings (SSSR count). The Morgan fingerprint density at radius 2 is 2.10 bits per heavy atom. The lowest BCUT2D eigenvalue weighted by Gasteiger charge is -2.11. The Labute approximate surface area is 124 Å². The number of nitrogens with one attached hydrogen (secondary N) is 1. The molecule has 0 bridgehead atoms. The topological polar surface area (TPSA) is 49.3 Å². The van der Waals surface area contributed by atoms with Crippen LogP contribution < -0.4 is 5.32 Å². The zero-order chi connectivity index (χ0) is 14.7. The number of aryl methyl sites for hydroxylation is 1. The van der Waals surface area contributed by atoms with Crippen molar-refractivity contribution >= 4 is 27.6 Å². The molecule has 0 aliphatic carbocycles. The van der Waals surface area contributed by atoms with E-state index in [1.807, 2.05) is 13.0 Å². The molecule has 0 aromatic heterocycles. The van der Waals surface area contributed by atoms with Crippen LogP contribution in [0.4, 0.5) is 10.1 Å². The number of rotatable bonds is 4. The molecule has 3 nitrogen and oxygen atoms in total. The van der Waals surface area contributed by atoms with Gasteiger partial charge in [0.25, 0.3) is 0 Å². The van der Waals surface area contributed by atoms with Crippen molar-refractivity contribution < 1.29 is 14.3 Å². The first-order valence-corrected chi connectivity index (χ1v) is 6.78. The molecule has 0 aliphatic rings. The fourth-order valence-corrected chi connectivity index (χ4v) is 2.31. The van der Waals surface area contributed by atoms with Gasteiger partial charge >= 0.3 is 5.97 Å². The maximum Gasteiger partial charge on any atom is 0.335 e. The van der Waals surface area contributed by atoms with Crippen molar-refractivity contribution in [2.45, 2.75) is 13.5 Å². The normalized spacial score (nSPS) is 10.3. The lowest BCUT2D eigenvalue weighted by atomic mass is 10.1. The third-order valence-corrected chi connectivity index (χ3v) is 3.53. The zero-order valence-electron chi connectivity index (χ0n) is 10.8. The number of hydrogen-bond acceptors (Lipinski definition) is 2. The molecule has 20 heavy (non-hydrogen) atoms. The minimum Gasteiger partial charge on any atom is -0.478 e. The standard InChI is InChI=1S/C15H13BrFNO2/c1-9-5-12(16)13(17)7-14(9)18-8-10-3-2-4-11(6-10)15(19)20/h2-7,18H,8H2,1H3,(H,19,20). The van der Waals surface area contributed by atoms with Gasteiger partial charge in [0.05, 0.1) is 10.0 Å². The average Bonchev–Trinajstić information content (AvgIpc) is 2.41. The van der Waals surface area contributed by atoms with Gasteiger partial charge < -0.3 is 10.4 Å². The van der Waals surface area contributed by atoms with Crippen LogP contribution in [0.25, 0.3) is 0 Å². The summed E-state index contributed by atoms with van der Waals surface area (Å²) in [7, 11) is 0. The van der Waals surface area contributed by atoms with E-state index in [1.165, 1.54) is 12.1 Å². The van der Waals surface area contributed by atoms with E-state index in [4.69, 9.17) is 5.11 Å². The third kappa shape index (κ3) is 3.36. The SMILES string of the molecule is Cc1cc(Br)c(F)cc1NCc1cccc(C(=O)O)c1. The summed E-state index contributed by atoms with van der Waals surface area (Å²) in [6.07, 6.45) is 0. The molecule has 2 N–H and O–H groups in total. The molecule has 0 saturated carbocycles. The van der Waals surface area contributed by atoms with Gasteiger partial charge in [-0.05, 0) is 58.2 Å². The summed E-state index contributed by atoms with van der Waals surface area (Å²) in [6.45, 7) is 2.31. The zero-order valence-corrected chi connectivity index (χ0v) is 12.4. The van der Waals surface area contributed by atoms with Crippen LogP contribution in [0.15, 0.2) is 40.9 Å². The highest BCUT2D eigenvalue weighted by atomic mass is 79.9. The molecule has 0 fully saturated rings. The number of benzene rings is 2. The Balaban J connectivity index is 2.15. The number of halogens is 2. The first kappa shape index (κ1) is 14.5. The van der Waals surface area contributed by atoms with Crippen LogP contribution in [0.1, 0.15) is 21.5 Å².